The number of rotatable bonds is 8. The molecule has 1 aliphatic heterocycles. The third-order valence-electron chi connectivity index (χ3n) is 5.90. The number of ether oxygens (including phenoxy) is 1. The molecule has 25 heavy (non-hydrogen) atoms. The van der Waals surface area contributed by atoms with Crippen LogP contribution in [0.25, 0.3) is 0 Å². The molecule has 0 aromatic carbocycles. The fourth-order valence-corrected chi connectivity index (χ4v) is 10.5. The van der Waals surface area contributed by atoms with E-state index in [0.29, 0.717) is 22.5 Å². The van der Waals surface area contributed by atoms with Crippen LogP contribution in [0.2, 0.25) is 16.6 Å². The molecule has 1 saturated heterocycles. The predicted octanol–water partition coefficient (Wildman–Crippen LogP) is 5.61. The van der Waals surface area contributed by atoms with Crippen molar-refractivity contribution in [2.24, 2.45) is 5.92 Å². The van der Waals surface area contributed by atoms with Gasteiger partial charge in [-0.1, -0.05) is 53.1 Å². The van der Waals surface area contributed by atoms with Gasteiger partial charge in [-0.3, -0.25) is 4.68 Å². The maximum Gasteiger partial charge on any atom is 0.200 e. The summed E-state index contributed by atoms with van der Waals surface area (Å²) in [4.78, 5) is 0. The summed E-state index contributed by atoms with van der Waals surface area (Å²) in [6.07, 6.45) is 5.77. The van der Waals surface area contributed by atoms with E-state index in [1.165, 1.54) is 0 Å². The van der Waals surface area contributed by atoms with E-state index in [2.05, 4.69) is 57.5 Å². The van der Waals surface area contributed by atoms with Crippen molar-refractivity contribution >= 4 is 19.9 Å². The van der Waals surface area contributed by atoms with E-state index in [4.69, 9.17) is 20.8 Å². The minimum Gasteiger partial charge on any atom is -0.414 e. The average Bonchev–Trinajstić information content (AvgIpc) is 3.04. The van der Waals surface area contributed by atoms with Gasteiger partial charge in [-0.2, -0.15) is 5.10 Å². The van der Waals surface area contributed by atoms with Gasteiger partial charge in [0.15, 0.2) is 8.32 Å². The molecule has 2 rings (SSSR count). The van der Waals surface area contributed by atoms with Crippen LogP contribution in [0.4, 0.5) is 0 Å². The Bertz CT molecular complexity index is 486. The van der Waals surface area contributed by atoms with Crippen molar-refractivity contribution in [1.82, 2.24) is 9.78 Å². The van der Waals surface area contributed by atoms with Crippen LogP contribution in [0.15, 0.2) is 18.5 Å². The van der Waals surface area contributed by atoms with E-state index in [-0.39, 0.29) is 11.6 Å². The number of halogens is 1. The molecule has 2 heterocycles. The smallest absolute Gasteiger partial charge is 0.200 e. The first-order valence-corrected chi connectivity index (χ1v) is 12.2. The number of hydrogen-bond acceptors (Lipinski definition) is 3. The van der Waals surface area contributed by atoms with Gasteiger partial charge in [-0.05, 0) is 41.4 Å². The summed E-state index contributed by atoms with van der Waals surface area (Å²) >= 11 is 6.27. The summed E-state index contributed by atoms with van der Waals surface area (Å²) < 4.78 is 14.5. The molecule has 1 aromatic rings. The lowest BCUT2D eigenvalue weighted by Crippen LogP contribution is -2.49. The highest BCUT2D eigenvalue weighted by Gasteiger charge is 2.46. The highest BCUT2D eigenvalue weighted by Crippen LogP contribution is 2.43. The van der Waals surface area contributed by atoms with Gasteiger partial charge in [0.05, 0.1) is 12.6 Å². The highest BCUT2D eigenvalue weighted by atomic mass is 35.5. The predicted molar refractivity (Wildman–Crippen MR) is 107 cm³/mol. The molecule has 1 fully saturated rings. The minimum atomic E-state index is -1.89. The molecule has 0 spiro atoms. The number of nitrogens with zero attached hydrogens (tertiary/aromatic N) is 2. The SMILES string of the molecule is CC(C)[Si](OCC(C1CCOC(Cl)C1)n1cccn1)(C(C)C)C(C)C. The Morgan fingerprint density at radius 2 is 1.84 bits per heavy atom. The second kappa shape index (κ2) is 9.02. The molecule has 4 nitrogen and oxygen atoms in total. The lowest BCUT2D eigenvalue weighted by atomic mass is 9.92. The molecule has 3 atom stereocenters. The van der Waals surface area contributed by atoms with E-state index in [1.807, 2.05) is 12.3 Å². The van der Waals surface area contributed by atoms with E-state index < -0.39 is 8.32 Å². The summed E-state index contributed by atoms with van der Waals surface area (Å²) in [7, 11) is -1.89. The fourth-order valence-electron chi connectivity index (χ4n) is 4.76. The first-order chi connectivity index (χ1) is 11.8. The van der Waals surface area contributed by atoms with Crippen molar-refractivity contribution in [1.29, 1.82) is 0 Å². The molecular weight excluding hydrogens is 352 g/mol. The van der Waals surface area contributed by atoms with E-state index in [0.717, 1.165) is 26.1 Å². The zero-order valence-corrected chi connectivity index (χ0v) is 18.4. The lowest BCUT2D eigenvalue weighted by molar-refractivity contribution is 0.0129. The standard InChI is InChI=1S/C19H35ClN2O2Si/c1-14(2)25(15(3)4,16(5)6)24-13-18(22-10-7-9-21-22)17-8-11-23-19(20)12-17/h7,9-10,14-19H,8,11-13H2,1-6H3. The Hall–Kier alpha value is -0.363. The van der Waals surface area contributed by atoms with Gasteiger partial charge in [0, 0.05) is 19.0 Å². The van der Waals surface area contributed by atoms with Gasteiger partial charge in [0.2, 0.25) is 0 Å². The summed E-state index contributed by atoms with van der Waals surface area (Å²) in [5.74, 6) is 0.439. The third-order valence-corrected chi connectivity index (χ3v) is 12.3. The largest absolute Gasteiger partial charge is 0.414 e. The molecular formula is C19H35ClN2O2Si. The van der Waals surface area contributed by atoms with E-state index >= 15 is 0 Å². The van der Waals surface area contributed by atoms with Gasteiger partial charge >= 0.3 is 0 Å². The maximum absolute atomic E-state index is 6.88. The molecule has 1 aromatic heterocycles. The minimum absolute atomic E-state index is 0.195. The van der Waals surface area contributed by atoms with Gasteiger partial charge in [0.25, 0.3) is 0 Å². The van der Waals surface area contributed by atoms with Gasteiger partial charge in [-0.25, -0.2) is 0 Å². The summed E-state index contributed by atoms with van der Waals surface area (Å²) in [5, 5.41) is 4.52. The number of hydrogen-bond donors (Lipinski definition) is 0. The quantitative estimate of drug-likeness (QED) is 0.430. The Balaban J connectivity index is 2.21. The normalized spacial score (nSPS) is 23.6. The fraction of sp³-hybridized carbons (Fsp3) is 0.842. The molecule has 0 amide bonds. The number of alkyl halides is 1. The van der Waals surface area contributed by atoms with Gasteiger partial charge in [0.1, 0.15) is 5.56 Å². The molecule has 6 heteroatoms. The Labute approximate surface area is 159 Å². The van der Waals surface area contributed by atoms with Crippen molar-refractivity contribution in [3.05, 3.63) is 18.5 Å². The van der Waals surface area contributed by atoms with Crippen LogP contribution in [0.5, 0.6) is 0 Å². The van der Waals surface area contributed by atoms with Crippen molar-refractivity contribution in [2.45, 2.75) is 82.6 Å². The van der Waals surface area contributed by atoms with Crippen LogP contribution in [-0.2, 0) is 9.16 Å². The molecule has 0 N–H and O–H groups in total. The molecule has 0 saturated carbocycles. The van der Waals surface area contributed by atoms with Crippen molar-refractivity contribution < 1.29 is 9.16 Å². The van der Waals surface area contributed by atoms with E-state index in [1.54, 1.807) is 0 Å². The van der Waals surface area contributed by atoms with Crippen LogP contribution in [0.3, 0.4) is 0 Å². The highest BCUT2D eigenvalue weighted by molar-refractivity contribution is 6.77. The second-order valence-electron chi connectivity index (χ2n) is 8.25. The van der Waals surface area contributed by atoms with Crippen LogP contribution >= 0.6 is 11.6 Å². The molecule has 1 aliphatic rings. The van der Waals surface area contributed by atoms with Gasteiger partial charge < -0.3 is 9.16 Å². The third kappa shape index (κ3) is 4.68. The Morgan fingerprint density at radius 3 is 2.32 bits per heavy atom. The summed E-state index contributed by atoms with van der Waals surface area (Å²) in [5.41, 5.74) is 1.56. The topological polar surface area (TPSA) is 36.3 Å². The maximum atomic E-state index is 6.88. The lowest BCUT2D eigenvalue weighted by Gasteiger charge is -2.44. The second-order valence-corrected chi connectivity index (χ2v) is 14.2. The number of aromatic nitrogens is 2. The van der Waals surface area contributed by atoms with Crippen molar-refractivity contribution in [2.75, 3.05) is 13.2 Å². The van der Waals surface area contributed by atoms with Crippen LogP contribution in [0, 0.1) is 5.92 Å². The molecule has 0 aliphatic carbocycles. The molecule has 144 valence electrons. The van der Waals surface area contributed by atoms with Crippen molar-refractivity contribution in [3.63, 3.8) is 0 Å². The summed E-state index contributed by atoms with van der Waals surface area (Å²) in [6, 6.07) is 2.21. The Morgan fingerprint density at radius 1 is 1.20 bits per heavy atom. The molecule has 3 unspecified atom stereocenters. The first-order valence-electron chi connectivity index (χ1n) is 9.67. The first kappa shape index (κ1) is 20.9. The van der Waals surface area contributed by atoms with E-state index in [9.17, 15) is 0 Å². The Kier molecular flexibility index (Phi) is 7.56. The zero-order valence-electron chi connectivity index (χ0n) is 16.6. The van der Waals surface area contributed by atoms with Crippen LogP contribution in [-0.4, -0.2) is 36.9 Å². The van der Waals surface area contributed by atoms with Crippen LogP contribution in [0.1, 0.15) is 60.4 Å². The van der Waals surface area contributed by atoms with Crippen molar-refractivity contribution in [3.8, 4) is 0 Å². The van der Waals surface area contributed by atoms with Crippen LogP contribution < -0.4 is 0 Å². The average molecular weight is 387 g/mol. The molecule has 0 radical (unpaired) electrons. The zero-order chi connectivity index (χ0) is 18.6. The molecule has 0 bridgehead atoms. The van der Waals surface area contributed by atoms with Gasteiger partial charge in [-0.15, -0.1) is 0 Å². The summed E-state index contributed by atoms with van der Waals surface area (Å²) in [6.45, 7) is 15.4. The monoisotopic (exact) mass is 386 g/mol.